The Kier molecular flexibility index (Phi) is 5.51. The number of carbonyl (C=O) groups is 1. The average molecular weight is 420 g/mol. The summed E-state index contributed by atoms with van der Waals surface area (Å²) in [4.78, 5) is 25.2. The first-order valence-electron chi connectivity index (χ1n) is 10.9. The van der Waals surface area contributed by atoms with E-state index in [1.807, 2.05) is 23.1 Å². The summed E-state index contributed by atoms with van der Waals surface area (Å²) < 4.78 is 14.3. The molecule has 2 aliphatic rings. The SMILES string of the molecule is O=C(CCNCc1cccc2ncccc12)N1C[C@H]2CC[C@@H](C1)N2c1ccncc1F. The molecule has 0 spiro atoms. The summed E-state index contributed by atoms with van der Waals surface area (Å²) in [5.41, 5.74) is 2.78. The van der Waals surface area contributed by atoms with Crippen molar-refractivity contribution in [2.45, 2.75) is 37.9 Å². The van der Waals surface area contributed by atoms with E-state index >= 15 is 0 Å². The molecule has 2 atom stereocenters. The number of carbonyl (C=O) groups excluding carboxylic acids is 1. The lowest BCUT2D eigenvalue weighted by atomic mass is 10.1. The van der Waals surface area contributed by atoms with E-state index < -0.39 is 0 Å². The van der Waals surface area contributed by atoms with Gasteiger partial charge in [-0.1, -0.05) is 18.2 Å². The number of piperazine rings is 1. The van der Waals surface area contributed by atoms with Gasteiger partial charge in [0.1, 0.15) is 0 Å². The van der Waals surface area contributed by atoms with Crippen LogP contribution in [0.1, 0.15) is 24.8 Å². The molecule has 2 saturated heterocycles. The number of aromatic nitrogens is 2. The number of anilines is 1. The van der Waals surface area contributed by atoms with E-state index in [-0.39, 0.29) is 23.8 Å². The quantitative estimate of drug-likeness (QED) is 0.622. The van der Waals surface area contributed by atoms with Crippen LogP contribution in [0.2, 0.25) is 0 Å². The standard InChI is InChI=1S/C24H26FN5O/c25-21-14-27-11-8-23(21)30-18-6-7-19(30)16-29(15-18)24(31)9-12-26-13-17-3-1-5-22-20(17)4-2-10-28-22/h1-5,8,10-11,14,18-19,26H,6-7,9,12-13,15-16H2/t18-,19+. The smallest absolute Gasteiger partial charge is 0.223 e. The normalized spacial score (nSPS) is 20.4. The molecule has 3 aromatic rings. The van der Waals surface area contributed by atoms with Crippen molar-refractivity contribution in [1.29, 1.82) is 0 Å². The van der Waals surface area contributed by atoms with E-state index in [9.17, 15) is 9.18 Å². The van der Waals surface area contributed by atoms with Gasteiger partial charge < -0.3 is 15.1 Å². The summed E-state index contributed by atoms with van der Waals surface area (Å²) in [7, 11) is 0. The highest BCUT2D eigenvalue weighted by atomic mass is 19.1. The molecule has 7 heteroatoms. The third-order valence-corrected chi connectivity index (χ3v) is 6.43. The highest BCUT2D eigenvalue weighted by Crippen LogP contribution is 2.36. The Morgan fingerprint density at radius 2 is 1.94 bits per heavy atom. The minimum Gasteiger partial charge on any atom is -0.360 e. The monoisotopic (exact) mass is 419 g/mol. The summed E-state index contributed by atoms with van der Waals surface area (Å²) in [5.74, 6) is -0.120. The number of hydrogen-bond donors (Lipinski definition) is 1. The number of nitrogens with zero attached hydrogens (tertiary/aromatic N) is 4. The van der Waals surface area contributed by atoms with Crippen molar-refractivity contribution in [3.05, 3.63) is 66.4 Å². The molecule has 4 heterocycles. The van der Waals surface area contributed by atoms with Crippen LogP contribution in [0.4, 0.5) is 10.1 Å². The summed E-state index contributed by atoms with van der Waals surface area (Å²) in [6, 6.07) is 12.2. The van der Waals surface area contributed by atoms with E-state index in [2.05, 4.69) is 32.3 Å². The fraction of sp³-hybridized carbons (Fsp3) is 0.375. The lowest BCUT2D eigenvalue weighted by molar-refractivity contribution is -0.132. The van der Waals surface area contributed by atoms with Crippen molar-refractivity contribution in [1.82, 2.24) is 20.2 Å². The second-order valence-corrected chi connectivity index (χ2v) is 8.33. The van der Waals surface area contributed by atoms with Crippen LogP contribution in [-0.4, -0.2) is 52.5 Å². The minimum absolute atomic E-state index is 0.166. The van der Waals surface area contributed by atoms with Gasteiger partial charge in [0, 0.05) is 62.5 Å². The van der Waals surface area contributed by atoms with Crippen LogP contribution in [-0.2, 0) is 11.3 Å². The molecule has 1 amide bonds. The Hall–Kier alpha value is -3.06. The molecule has 160 valence electrons. The molecule has 1 N–H and O–H groups in total. The Morgan fingerprint density at radius 1 is 1.10 bits per heavy atom. The minimum atomic E-state index is -0.285. The maximum absolute atomic E-state index is 14.3. The second kappa shape index (κ2) is 8.59. The maximum atomic E-state index is 14.3. The lowest BCUT2D eigenvalue weighted by Crippen LogP contribution is -2.56. The van der Waals surface area contributed by atoms with Crippen molar-refractivity contribution in [3.8, 4) is 0 Å². The molecule has 0 aliphatic carbocycles. The number of benzene rings is 1. The first-order chi connectivity index (χ1) is 15.2. The van der Waals surface area contributed by atoms with E-state index in [1.165, 1.54) is 11.8 Å². The summed E-state index contributed by atoms with van der Waals surface area (Å²) in [6.45, 7) is 2.65. The van der Waals surface area contributed by atoms with Gasteiger partial charge in [0.15, 0.2) is 5.82 Å². The first-order valence-corrected chi connectivity index (χ1v) is 10.9. The number of likely N-dealkylation sites (tertiary alicyclic amines) is 1. The highest BCUT2D eigenvalue weighted by Gasteiger charge is 2.42. The lowest BCUT2D eigenvalue weighted by Gasteiger charge is -2.42. The molecule has 5 rings (SSSR count). The van der Waals surface area contributed by atoms with Crippen molar-refractivity contribution >= 4 is 22.5 Å². The van der Waals surface area contributed by atoms with Gasteiger partial charge >= 0.3 is 0 Å². The third kappa shape index (κ3) is 3.97. The van der Waals surface area contributed by atoms with Gasteiger partial charge in [-0.15, -0.1) is 0 Å². The number of halogens is 1. The second-order valence-electron chi connectivity index (χ2n) is 8.33. The summed E-state index contributed by atoms with van der Waals surface area (Å²) in [5, 5.41) is 4.54. The molecule has 0 radical (unpaired) electrons. The fourth-order valence-electron chi connectivity index (χ4n) is 4.97. The predicted octanol–water partition coefficient (Wildman–Crippen LogP) is 3.13. The average Bonchev–Trinajstić information content (AvgIpc) is 3.05. The van der Waals surface area contributed by atoms with Gasteiger partial charge in [0.25, 0.3) is 0 Å². The molecule has 31 heavy (non-hydrogen) atoms. The zero-order valence-electron chi connectivity index (χ0n) is 17.4. The predicted molar refractivity (Wildman–Crippen MR) is 118 cm³/mol. The molecular formula is C24H26FN5O. The van der Waals surface area contributed by atoms with Gasteiger partial charge in [-0.3, -0.25) is 14.8 Å². The Morgan fingerprint density at radius 3 is 2.74 bits per heavy atom. The van der Waals surface area contributed by atoms with E-state index in [0.29, 0.717) is 38.3 Å². The van der Waals surface area contributed by atoms with Gasteiger partial charge in [0.05, 0.1) is 17.4 Å². The summed E-state index contributed by atoms with van der Waals surface area (Å²) >= 11 is 0. The summed E-state index contributed by atoms with van der Waals surface area (Å²) in [6.07, 6.45) is 7.14. The molecule has 0 saturated carbocycles. The molecule has 2 aromatic heterocycles. The van der Waals surface area contributed by atoms with Crippen molar-refractivity contribution in [3.63, 3.8) is 0 Å². The Bertz CT molecular complexity index is 1070. The highest BCUT2D eigenvalue weighted by molar-refractivity contribution is 5.82. The fourth-order valence-corrected chi connectivity index (χ4v) is 4.97. The zero-order chi connectivity index (χ0) is 21.2. The van der Waals surface area contributed by atoms with Gasteiger partial charge in [-0.05, 0) is 36.6 Å². The van der Waals surface area contributed by atoms with Crippen LogP contribution in [0.3, 0.4) is 0 Å². The molecule has 1 aromatic carbocycles. The van der Waals surface area contributed by atoms with Crippen LogP contribution in [0.25, 0.3) is 10.9 Å². The van der Waals surface area contributed by atoms with E-state index in [0.717, 1.165) is 23.7 Å². The number of hydrogen-bond acceptors (Lipinski definition) is 5. The molecule has 6 nitrogen and oxygen atoms in total. The molecule has 0 unspecified atom stereocenters. The molecule has 2 bridgehead atoms. The number of pyridine rings is 2. The third-order valence-electron chi connectivity index (χ3n) is 6.43. The van der Waals surface area contributed by atoms with Crippen LogP contribution in [0, 0.1) is 5.82 Å². The first kappa shape index (κ1) is 19.9. The van der Waals surface area contributed by atoms with E-state index in [4.69, 9.17) is 0 Å². The number of fused-ring (bicyclic) bond motifs is 3. The number of nitrogens with one attached hydrogen (secondary N) is 1. The number of amides is 1. The molecule has 2 aliphatic heterocycles. The molecular weight excluding hydrogens is 393 g/mol. The van der Waals surface area contributed by atoms with Crippen molar-refractivity contribution in [2.75, 3.05) is 24.5 Å². The largest absolute Gasteiger partial charge is 0.360 e. The molecule has 2 fully saturated rings. The van der Waals surface area contributed by atoms with Crippen LogP contribution < -0.4 is 10.2 Å². The topological polar surface area (TPSA) is 61.4 Å². The van der Waals surface area contributed by atoms with E-state index in [1.54, 1.807) is 18.5 Å². The van der Waals surface area contributed by atoms with Crippen molar-refractivity contribution < 1.29 is 9.18 Å². The van der Waals surface area contributed by atoms with Gasteiger partial charge in [-0.25, -0.2) is 4.39 Å². The van der Waals surface area contributed by atoms with Gasteiger partial charge in [-0.2, -0.15) is 0 Å². The van der Waals surface area contributed by atoms with Crippen LogP contribution >= 0.6 is 0 Å². The van der Waals surface area contributed by atoms with Gasteiger partial charge in [0.2, 0.25) is 5.91 Å². The zero-order valence-corrected chi connectivity index (χ0v) is 17.4. The Labute approximate surface area is 181 Å². The van der Waals surface area contributed by atoms with Crippen LogP contribution in [0.15, 0.2) is 55.0 Å². The van der Waals surface area contributed by atoms with Crippen molar-refractivity contribution in [2.24, 2.45) is 0 Å². The Balaban J connectivity index is 1.15. The van der Waals surface area contributed by atoms with Crippen LogP contribution in [0.5, 0.6) is 0 Å². The number of rotatable bonds is 6. The maximum Gasteiger partial charge on any atom is 0.223 e.